The zero-order valence-corrected chi connectivity index (χ0v) is 15.1. The zero-order valence-electron chi connectivity index (χ0n) is 15.1. The lowest BCUT2D eigenvalue weighted by molar-refractivity contribution is 0.146. The number of hydrogen-bond donors (Lipinski definition) is 1. The molecule has 0 rings (SSSR count). The smallest absolute Gasteiger partial charge is 0.0577 e. The van der Waals surface area contributed by atoms with Crippen LogP contribution in [0.25, 0.3) is 0 Å². The minimum Gasteiger partial charge on any atom is -0.393 e. The van der Waals surface area contributed by atoms with Crippen molar-refractivity contribution in [3.63, 3.8) is 0 Å². The summed E-state index contributed by atoms with van der Waals surface area (Å²) in [6.45, 7) is 13.0. The zero-order chi connectivity index (χ0) is 16.3. The third-order valence-corrected chi connectivity index (χ3v) is 3.72. The van der Waals surface area contributed by atoms with Gasteiger partial charge < -0.3 is 5.11 Å². The molecule has 0 aliphatic rings. The Bertz CT molecular complexity index is 352. The van der Waals surface area contributed by atoms with Crippen LogP contribution in [0.2, 0.25) is 0 Å². The molecular formula is C20H36O. The van der Waals surface area contributed by atoms with Crippen LogP contribution in [0, 0.1) is 5.92 Å². The van der Waals surface area contributed by atoms with Gasteiger partial charge in [-0.15, -0.1) is 0 Å². The minimum absolute atomic E-state index is 0.190. The van der Waals surface area contributed by atoms with E-state index in [-0.39, 0.29) is 6.10 Å². The quantitative estimate of drug-likeness (QED) is 0.475. The molecule has 0 bridgehead atoms. The van der Waals surface area contributed by atoms with Gasteiger partial charge in [0.25, 0.3) is 0 Å². The average Bonchev–Trinajstić information content (AvgIpc) is 2.35. The molecule has 0 fully saturated rings. The fourth-order valence-electron chi connectivity index (χ4n) is 2.36. The number of rotatable bonds is 10. The predicted octanol–water partition coefficient (Wildman–Crippen LogP) is 6.20. The van der Waals surface area contributed by atoms with Crippen LogP contribution in [0.5, 0.6) is 0 Å². The molecule has 0 amide bonds. The summed E-state index contributed by atoms with van der Waals surface area (Å²) in [6.07, 6.45) is 12.8. The van der Waals surface area contributed by atoms with Crippen LogP contribution in [-0.2, 0) is 0 Å². The Morgan fingerprint density at radius 1 is 0.905 bits per heavy atom. The van der Waals surface area contributed by atoms with Crippen LogP contribution in [0.4, 0.5) is 0 Å². The molecule has 1 N–H and O–H groups in total. The first-order chi connectivity index (χ1) is 9.81. The van der Waals surface area contributed by atoms with E-state index >= 15 is 0 Å². The molecular weight excluding hydrogens is 256 g/mol. The molecule has 0 aromatic carbocycles. The van der Waals surface area contributed by atoms with Crippen molar-refractivity contribution >= 4 is 0 Å². The van der Waals surface area contributed by atoms with Crippen molar-refractivity contribution in [2.45, 2.75) is 86.2 Å². The maximum absolute atomic E-state index is 10.1. The van der Waals surface area contributed by atoms with Crippen molar-refractivity contribution in [3.8, 4) is 0 Å². The monoisotopic (exact) mass is 292 g/mol. The molecule has 122 valence electrons. The summed E-state index contributed by atoms with van der Waals surface area (Å²) in [4.78, 5) is 0. The lowest BCUT2D eigenvalue weighted by Gasteiger charge is -2.15. The van der Waals surface area contributed by atoms with E-state index in [4.69, 9.17) is 0 Å². The van der Waals surface area contributed by atoms with Gasteiger partial charge in [0.05, 0.1) is 6.10 Å². The molecule has 0 saturated carbocycles. The lowest BCUT2D eigenvalue weighted by atomic mass is 9.95. The molecule has 0 aliphatic carbocycles. The Balaban J connectivity index is 3.93. The van der Waals surface area contributed by atoms with Crippen molar-refractivity contribution in [2.24, 2.45) is 5.92 Å². The summed E-state index contributed by atoms with van der Waals surface area (Å²) < 4.78 is 0. The van der Waals surface area contributed by atoms with Gasteiger partial charge in [0.2, 0.25) is 0 Å². The van der Waals surface area contributed by atoms with Gasteiger partial charge in [-0.25, -0.2) is 0 Å². The van der Waals surface area contributed by atoms with Crippen LogP contribution < -0.4 is 0 Å². The van der Waals surface area contributed by atoms with E-state index in [9.17, 15) is 5.11 Å². The van der Waals surface area contributed by atoms with E-state index in [1.54, 1.807) is 0 Å². The van der Waals surface area contributed by atoms with Crippen LogP contribution in [0.15, 0.2) is 34.9 Å². The van der Waals surface area contributed by atoms with Gasteiger partial charge in [-0.05, 0) is 79.1 Å². The van der Waals surface area contributed by atoms with E-state index in [1.165, 1.54) is 23.1 Å². The van der Waals surface area contributed by atoms with Gasteiger partial charge in [0.1, 0.15) is 0 Å². The van der Waals surface area contributed by atoms with Crippen molar-refractivity contribution in [1.82, 2.24) is 0 Å². The van der Waals surface area contributed by atoms with E-state index in [2.05, 4.69) is 59.8 Å². The van der Waals surface area contributed by atoms with Gasteiger partial charge in [0.15, 0.2) is 0 Å². The third kappa shape index (κ3) is 13.9. The first kappa shape index (κ1) is 20.2. The van der Waals surface area contributed by atoms with Crippen LogP contribution in [0.1, 0.15) is 80.1 Å². The molecule has 1 nitrogen and oxygen atoms in total. The maximum Gasteiger partial charge on any atom is 0.0577 e. The number of hydrogen-bond acceptors (Lipinski definition) is 1. The molecule has 0 heterocycles. The summed E-state index contributed by atoms with van der Waals surface area (Å²) in [6, 6.07) is 0. The highest BCUT2D eigenvalue weighted by atomic mass is 16.3. The van der Waals surface area contributed by atoms with Crippen LogP contribution in [0.3, 0.4) is 0 Å². The summed E-state index contributed by atoms with van der Waals surface area (Å²) >= 11 is 0. The first-order valence-electron chi connectivity index (χ1n) is 8.41. The van der Waals surface area contributed by atoms with Crippen molar-refractivity contribution in [3.05, 3.63) is 34.9 Å². The standard InChI is InChI=1S/C20H36O/c1-16(2)9-7-11-18(5)13-14-20(21)15-19(6)12-8-10-17(3)4/h9-10,13,19-21H,7-8,11-12,14-15H2,1-6H3. The Morgan fingerprint density at radius 2 is 1.48 bits per heavy atom. The molecule has 0 spiro atoms. The average molecular weight is 293 g/mol. The fraction of sp³-hybridized carbons (Fsp3) is 0.700. The number of aliphatic hydroxyl groups is 1. The Morgan fingerprint density at radius 3 is 2.05 bits per heavy atom. The first-order valence-corrected chi connectivity index (χ1v) is 8.41. The van der Waals surface area contributed by atoms with Crippen LogP contribution >= 0.6 is 0 Å². The Labute approximate surface area is 132 Å². The van der Waals surface area contributed by atoms with Gasteiger partial charge in [0, 0.05) is 0 Å². The van der Waals surface area contributed by atoms with Crippen molar-refractivity contribution in [2.75, 3.05) is 0 Å². The van der Waals surface area contributed by atoms with E-state index in [0.717, 1.165) is 32.1 Å². The van der Waals surface area contributed by atoms with Crippen molar-refractivity contribution < 1.29 is 5.11 Å². The second kappa shape index (κ2) is 11.8. The van der Waals surface area contributed by atoms with Crippen molar-refractivity contribution in [1.29, 1.82) is 0 Å². The molecule has 0 radical (unpaired) electrons. The number of allylic oxidation sites excluding steroid dienone is 5. The molecule has 2 unspecified atom stereocenters. The molecule has 0 aromatic heterocycles. The topological polar surface area (TPSA) is 20.2 Å². The van der Waals surface area contributed by atoms with E-state index in [0.29, 0.717) is 5.92 Å². The molecule has 21 heavy (non-hydrogen) atoms. The Hall–Kier alpha value is -0.820. The molecule has 0 aromatic rings. The third-order valence-electron chi connectivity index (χ3n) is 3.72. The lowest BCUT2D eigenvalue weighted by Crippen LogP contribution is -2.10. The molecule has 0 aliphatic heterocycles. The van der Waals surface area contributed by atoms with E-state index in [1.807, 2.05) is 0 Å². The SMILES string of the molecule is CC(C)=CCCC(C)=CCC(O)CC(C)CCC=C(C)C. The van der Waals surface area contributed by atoms with Gasteiger partial charge >= 0.3 is 0 Å². The molecule has 0 saturated heterocycles. The maximum atomic E-state index is 10.1. The summed E-state index contributed by atoms with van der Waals surface area (Å²) in [7, 11) is 0. The largest absolute Gasteiger partial charge is 0.393 e. The summed E-state index contributed by atoms with van der Waals surface area (Å²) in [5.74, 6) is 0.593. The highest BCUT2D eigenvalue weighted by molar-refractivity contribution is 5.02. The van der Waals surface area contributed by atoms with Gasteiger partial charge in [-0.1, -0.05) is 41.9 Å². The summed E-state index contributed by atoms with van der Waals surface area (Å²) in [5.41, 5.74) is 4.16. The highest BCUT2D eigenvalue weighted by Crippen LogP contribution is 2.17. The number of aliphatic hydroxyl groups excluding tert-OH is 1. The predicted molar refractivity (Wildman–Crippen MR) is 95.5 cm³/mol. The summed E-state index contributed by atoms with van der Waals surface area (Å²) in [5, 5.41) is 10.1. The second-order valence-corrected chi connectivity index (χ2v) is 6.96. The highest BCUT2D eigenvalue weighted by Gasteiger charge is 2.08. The molecule has 2 atom stereocenters. The molecule has 1 heteroatoms. The van der Waals surface area contributed by atoms with E-state index < -0.39 is 0 Å². The fourth-order valence-corrected chi connectivity index (χ4v) is 2.36. The van der Waals surface area contributed by atoms with Crippen LogP contribution in [-0.4, -0.2) is 11.2 Å². The normalized spacial score (nSPS) is 14.5. The minimum atomic E-state index is -0.190. The second-order valence-electron chi connectivity index (χ2n) is 6.96. The van der Waals surface area contributed by atoms with Gasteiger partial charge in [-0.2, -0.15) is 0 Å². The Kier molecular flexibility index (Phi) is 11.3. The van der Waals surface area contributed by atoms with Gasteiger partial charge in [-0.3, -0.25) is 0 Å².